The largest absolute Gasteiger partial charge is 0.496 e. The van der Waals surface area contributed by atoms with Gasteiger partial charge in [-0.2, -0.15) is 22.0 Å². The number of methoxy groups -OCH3 is 1. The van der Waals surface area contributed by atoms with Crippen molar-refractivity contribution in [3.8, 4) is 0 Å². The summed E-state index contributed by atoms with van der Waals surface area (Å²) in [6, 6.07) is 1.52. The number of allylic oxidation sites excluding steroid dienone is 2. The van der Waals surface area contributed by atoms with Gasteiger partial charge < -0.3 is 14.7 Å². The maximum atomic E-state index is 13.3. The van der Waals surface area contributed by atoms with Crippen molar-refractivity contribution >= 4 is 46.6 Å². The van der Waals surface area contributed by atoms with E-state index in [9.17, 15) is 36.6 Å². The fourth-order valence-corrected chi connectivity index (χ4v) is 5.80. The van der Waals surface area contributed by atoms with Gasteiger partial charge in [-0.3, -0.25) is 9.59 Å². The highest BCUT2D eigenvalue weighted by Gasteiger charge is 2.58. The highest BCUT2D eigenvalue weighted by atomic mass is 35.5. The first-order valence-electron chi connectivity index (χ1n) is 8.91. The van der Waals surface area contributed by atoms with Gasteiger partial charge in [-0.15, -0.1) is 11.3 Å². The molecule has 1 amide bonds. The molecule has 0 radical (unpaired) electrons. The van der Waals surface area contributed by atoms with Gasteiger partial charge in [0.05, 0.1) is 33.7 Å². The van der Waals surface area contributed by atoms with E-state index in [-0.39, 0.29) is 20.5 Å². The summed E-state index contributed by atoms with van der Waals surface area (Å²) < 4.78 is 68.9. The van der Waals surface area contributed by atoms with E-state index >= 15 is 0 Å². The summed E-state index contributed by atoms with van der Waals surface area (Å²) >= 11 is 6.20. The summed E-state index contributed by atoms with van der Waals surface area (Å²) in [5, 5.41) is 4.44. The molecule has 1 aromatic heterocycles. The summed E-state index contributed by atoms with van der Waals surface area (Å²) in [5.41, 5.74) is 1.04. The quantitative estimate of drug-likeness (QED) is 0.372. The van der Waals surface area contributed by atoms with Crippen LogP contribution in [0.5, 0.6) is 0 Å². The Morgan fingerprint density at radius 1 is 1.31 bits per heavy atom. The highest BCUT2D eigenvalue weighted by molar-refractivity contribution is 8.02. The molecule has 174 valence electrons. The first kappa shape index (κ1) is 24.6. The van der Waals surface area contributed by atoms with Crippen LogP contribution in [0.2, 0.25) is 0 Å². The molecule has 1 aromatic rings. The van der Waals surface area contributed by atoms with Gasteiger partial charge in [-0.05, 0) is 48.9 Å². The van der Waals surface area contributed by atoms with Gasteiger partial charge >= 0.3 is 17.4 Å². The van der Waals surface area contributed by atoms with E-state index in [1.807, 2.05) is 0 Å². The standard InChI is InChI=1S/C19H15ClF5NO4S2/c1-8-9(7-13(27)28)15-10(3-4-11(30-2)16(15)20)26(8)17(29)12-5-6-14(31-12)32-19(24,25)18(21,22)23/h4-6,10H,3,7H2,1-2H3,(H,27,28). The van der Waals surface area contributed by atoms with Crippen LogP contribution in [0.15, 0.2) is 50.1 Å². The molecule has 1 aliphatic heterocycles. The average molecular weight is 516 g/mol. The predicted molar refractivity (Wildman–Crippen MR) is 109 cm³/mol. The minimum absolute atomic E-state index is 0.0709. The molecule has 0 fully saturated rings. The fourth-order valence-electron chi connectivity index (χ4n) is 3.48. The fraction of sp³-hybridized carbons (Fsp3) is 0.368. The van der Waals surface area contributed by atoms with E-state index in [0.29, 0.717) is 33.9 Å². The van der Waals surface area contributed by atoms with Gasteiger partial charge in [-0.1, -0.05) is 11.6 Å². The lowest BCUT2D eigenvalue weighted by Gasteiger charge is -2.29. The lowest BCUT2D eigenvalue weighted by atomic mass is 9.92. The Kier molecular flexibility index (Phi) is 6.69. The Morgan fingerprint density at radius 3 is 2.53 bits per heavy atom. The van der Waals surface area contributed by atoms with Crippen molar-refractivity contribution in [3.05, 3.63) is 50.7 Å². The zero-order valence-electron chi connectivity index (χ0n) is 16.4. The summed E-state index contributed by atoms with van der Waals surface area (Å²) in [7, 11) is 1.39. The number of carboxylic acid groups (broad SMARTS) is 1. The van der Waals surface area contributed by atoms with Crippen LogP contribution >= 0.6 is 34.7 Å². The molecule has 0 spiro atoms. The van der Waals surface area contributed by atoms with Crippen molar-refractivity contribution < 1.29 is 41.4 Å². The van der Waals surface area contributed by atoms with Gasteiger partial charge in [0, 0.05) is 11.3 Å². The van der Waals surface area contributed by atoms with Crippen LogP contribution in [-0.2, 0) is 9.53 Å². The minimum atomic E-state index is -5.74. The number of rotatable bonds is 6. The van der Waals surface area contributed by atoms with Crippen molar-refractivity contribution in [2.45, 2.75) is 41.4 Å². The zero-order valence-corrected chi connectivity index (χ0v) is 18.8. The number of thiophene rings is 1. The van der Waals surface area contributed by atoms with Gasteiger partial charge in [0.1, 0.15) is 5.76 Å². The first-order chi connectivity index (χ1) is 14.8. The molecule has 0 saturated heterocycles. The van der Waals surface area contributed by atoms with E-state index in [1.54, 1.807) is 6.08 Å². The topological polar surface area (TPSA) is 66.8 Å². The Balaban J connectivity index is 1.96. The van der Waals surface area contributed by atoms with Crippen molar-refractivity contribution in [1.29, 1.82) is 0 Å². The number of halogens is 6. The molecule has 0 bridgehead atoms. The molecule has 1 N–H and O–H groups in total. The van der Waals surface area contributed by atoms with Crippen molar-refractivity contribution in [3.63, 3.8) is 0 Å². The van der Waals surface area contributed by atoms with E-state index in [2.05, 4.69) is 0 Å². The molecule has 1 atom stereocenters. The number of nitrogens with zero attached hydrogens (tertiary/aromatic N) is 1. The molecule has 13 heteroatoms. The lowest BCUT2D eigenvalue weighted by Crippen LogP contribution is -2.36. The molecule has 2 aliphatic rings. The molecule has 3 rings (SSSR count). The smallest absolute Gasteiger partial charge is 0.464 e. The van der Waals surface area contributed by atoms with Crippen LogP contribution in [-0.4, -0.2) is 46.5 Å². The number of fused-ring (bicyclic) bond motifs is 1. The van der Waals surface area contributed by atoms with Crippen molar-refractivity contribution in [1.82, 2.24) is 4.90 Å². The highest BCUT2D eigenvalue weighted by Crippen LogP contribution is 2.50. The molecule has 5 nitrogen and oxygen atoms in total. The van der Waals surface area contributed by atoms with Crippen LogP contribution in [0.4, 0.5) is 22.0 Å². The van der Waals surface area contributed by atoms with Crippen LogP contribution in [0, 0.1) is 0 Å². The maximum Gasteiger partial charge on any atom is 0.464 e. The molecule has 2 heterocycles. The molecule has 0 saturated carbocycles. The number of carbonyl (C=O) groups excluding carboxylic acids is 1. The van der Waals surface area contributed by atoms with Crippen molar-refractivity contribution in [2.24, 2.45) is 0 Å². The maximum absolute atomic E-state index is 13.3. The monoisotopic (exact) mass is 515 g/mol. The molecular weight excluding hydrogens is 501 g/mol. The number of aliphatic carboxylic acids is 1. The lowest BCUT2D eigenvalue weighted by molar-refractivity contribution is -0.237. The second-order valence-corrected chi connectivity index (χ2v) is 9.67. The Morgan fingerprint density at radius 2 is 1.97 bits per heavy atom. The summed E-state index contributed by atoms with van der Waals surface area (Å²) in [6.45, 7) is 1.53. The normalized spacial score (nSPS) is 19.3. The second kappa shape index (κ2) is 8.71. The zero-order chi connectivity index (χ0) is 24.0. The summed E-state index contributed by atoms with van der Waals surface area (Å²) in [6.07, 6.45) is -4.28. The molecule has 1 unspecified atom stereocenters. The van der Waals surface area contributed by atoms with Gasteiger partial charge in [0.25, 0.3) is 5.91 Å². The predicted octanol–water partition coefficient (Wildman–Crippen LogP) is 6.00. The first-order valence-corrected chi connectivity index (χ1v) is 10.9. The van der Waals surface area contributed by atoms with Crippen molar-refractivity contribution in [2.75, 3.05) is 7.11 Å². The second-order valence-electron chi connectivity index (χ2n) is 6.80. The number of hydrogen-bond donors (Lipinski definition) is 1. The average Bonchev–Trinajstić information content (AvgIpc) is 3.23. The number of thioether (sulfide) groups is 1. The van der Waals surface area contributed by atoms with Crippen LogP contribution in [0.25, 0.3) is 0 Å². The minimum Gasteiger partial charge on any atom is -0.496 e. The van der Waals surface area contributed by atoms with Gasteiger partial charge in [0.2, 0.25) is 0 Å². The van der Waals surface area contributed by atoms with E-state index < -0.39 is 47.5 Å². The van der Waals surface area contributed by atoms with Crippen LogP contribution in [0.1, 0.15) is 29.4 Å². The molecule has 32 heavy (non-hydrogen) atoms. The van der Waals surface area contributed by atoms with Gasteiger partial charge in [0.15, 0.2) is 0 Å². The Labute approximate surface area is 192 Å². The third kappa shape index (κ3) is 4.40. The third-order valence-corrected chi connectivity index (χ3v) is 7.45. The SMILES string of the molecule is COC1=CCC2C(=C1Cl)C(CC(=O)O)=C(C)N2C(=O)c1ccc(SC(F)(F)C(F)(F)F)s1. The van der Waals surface area contributed by atoms with Crippen LogP contribution < -0.4 is 0 Å². The van der Waals surface area contributed by atoms with E-state index in [0.717, 1.165) is 12.1 Å². The summed E-state index contributed by atoms with van der Waals surface area (Å²) in [4.78, 5) is 25.8. The molecule has 1 aliphatic carbocycles. The Bertz CT molecular complexity index is 1060. The molecular formula is C19H15ClF5NO4S2. The Hall–Kier alpha value is -2.05. The number of amides is 1. The van der Waals surface area contributed by atoms with Gasteiger partial charge in [-0.25, -0.2) is 0 Å². The third-order valence-electron chi connectivity index (χ3n) is 4.87. The summed E-state index contributed by atoms with van der Waals surface area (Å²) in [5.74, 6) is -1.48. The van der Waals surface area contributed by atoms with E-state index in [4.69, 9.17) is 16.3 Å². The number of carboxylic acids is 1. The van der Waals surface area contributed by atoms with E-state index in [1.165, 1.54) is 18.9 Å². The number of carbonyl (C=O) groups is 2. The van der Waals surface area contributed by atoms with Crippen LogP contribution in [0.3, 0.4) is 0 Å². The number of hydrogen-bond acceptors (Lipinski definition) is 5. The molecule has 0 aromatic carbocycles. The number of ether oxygens (including phenoxy) is 1. The number of alkyl halides is 5.